The fourth-order valence-corrected chi connectivity index (χ4v) is 4.04. The van der Waals surface area contributed by atoms with Crippen molar-refractivity contribution in [1.29, 1.82) is 0 Å². The number of thiazole rings is 1. The van der Waals surface area contributed by atoms with Crippen LogP contribution in [0.15, 0.2) is 35.7 Å². The number of benzene rings is 1. The molecule has 0 radical (unpaired) electrons. The topological polar surface area (TPSA) is 42.0 Å². The van der Waals surface area contributed by atoms with E-state index in [2.05, 4.69) is 16.4 Å². The summed E-state index contributed by atoms with van der Waals surface area (Å²) in [6.07, 6.45) is 0. The average molecular weight is 342 g/mol. The zero-order valence-corrected chi connectivity index (χ0v) is 15.0. The molecule has 3 aromatic rings. The van der Waals surface area contributed by atoms with Crippen molar-refractivity contribution in [3.05, 3.63) is 63.0 Å². The molecule has 0 fully saturated rings. The van der Waals surface area contributed by atoms with Gasteiger partial charge in [-0.15, -0.1) is 22.7 Å². The summed E-state index contributed by atoms with van der Waals surface area (Å²) in [4.78, 5) is 19.2. The molecule has 5 heteroatoms. The Morgan fingerprint density at radius 2 is 2.00 bits per heavy atom. The Labute approximate surface area is 144 Å². The largest absolute Gasteiger partial charge is 0.347 e. The van der Waals surface area contributed by atoms with Crippen molar-refractivity contribution in [2.45, 2.75) is 27.3 Å². The Balaban J connectivity index is 1.70. The fraction of sp³-hybridized carbons (Fsp3) is 0.222. The third-order valence-corrected chi connectivity index (χ3v) is 6.00. The first-order chi connectivity index (χ1) is 11.0. The summed E-state index contributed by atoms with van der Waals surface area (Å²) in [5.41, 5.74) is 4.01. The minimum Gasteiger partial charge on any atom is -0.347 e. The van der Waals surface area contributed by atoms with Gasteiger partial charge < -0.3 is 5.32 Å². The van der Waals surface area contributed by atoms with Crippen LogP contribution >= 0.6 is 22.7 Å². The van der Waals surface area contributed by atoms with E-state index in [0.717, 1.165) is 21.1 Å². The molecule has 0 saturated carbocycles. The van der Waals surface area contributed by atoms with Gasteiger partial charge in [0.2, 0.25) is 0 Å². The summed E-state index contributed by atoms with van der Waals surface area (Å²) in [7, 11) is 0. The van der Waals surface area contributed by atoms with Gasteiger partial charge in [-0.05, 0) is 55.5 Å². The third kappa shape index (κ3) is 3.51. The van der Waals surface area contributed by atoms with Crippen LogP contribution < -0.4 is 5.32 Å². The first-order valence-electron chi connectivity index (χ1n) is 7.40. The Kier molecular flexibility index (Phi) is 4.59. The van der Waals surface area contributed by atoms with Gasteiger partial charge in [-0.25, -0.2) is 4.98 Å². The molecule has 23 heavy (non-hydrogen) atoms. The Morgan fingerprint density at radius 3 is 2.70 bits per heavy atom. The van der Waals surface area contributed by atoms with Crippen LogP contribution in [-0.2, 0) is 6.54 Å². The standard InChI is InChI=1S/C18H18N2OS2/c1-11-6-7-14(9-12(11)2)17(21)19-10-16-13(3)20-18(23-16)15-5-4-8-22-15/h4-9H,10H2,1-3H3,(H,19,21). The molecule has 0 unspecified atom stereocenters. The average Bonchev–Trinajstić information content (AvgIpc) is 3.17. The number of amides is 1. The van der Waals surface area contributed by atoms with Gasteiger partial charge in [0, 0.05) is 10.4 Å². The van der Waals surface area contributed by atoms with Crippen molar-refractivity contribution >= 4 is 28.6 Å². The van der Waals surface area contributed by atoms with Crippen LogP contribution in [0, 0.1) is 20.8 Å². The molecule has 0 bridgehead atoms. The number of rotatable bonds is 4. The molecule has 0 spiro atoms. The minimum atomic E-state index is -0.0430. The molecule has 2 heterocycles. The van der Waals surface area contributed by atoms with Crippen molar-refractivity contribution in [1.82, 2.24) is 10.3 Å². The van der Waals surface area contributed by atoms with Crippen LogP contribution in [0.25, 0.3) is 9.88 Å². The SMILES string of the molecule is Cc1ccc(C(=O)NCc2sc(-c3cccs3)nc2C)cc1C. The van der Waals surface area contributed by atoms with Crippen molar-refractivity contribution in [3.63, 3.8) is 0 Å². The number of carbonyl (C=O) groups excluding carboxylic acids is 1. The number of aryl methyl sites for hydroxylation is 3. The molecule has 1 aromatic carbocycles. The number of nitrogens with zero attached hydrogens (tertiary/aromatic N) is 1. The van der Waals surface area contributed by atoms with Crippen LogP contribution in [-0.4, -0.2) is 10.9 Å². The zero-order valence-electron chi connectivity index (χ0n) is 13.3. The molecule has 3 nitrogen and oxygen atoms in total. The summed E-state index contributed by atoms with van der Waals surface area (Å²) < 4.78 is 0. The Morgan fingerprint density at radius 1 is 1.17 bits per heavy atom. The van der Waals surface area contributed by atoms with E-state index in [0.29, 0.717) is 12.1 Å². The van der Waals surface area contributed by atoms with E-state index >= 15 is 0 Å². The van der Waals surface area contributed by atoms with Crippen LogP contribution in [0.3, 0.4) is 0 Å². The van der Waals surface area contributed by atoms with Crippen molar-refractivity contribution in [2.75, 3.05) is 0 Å². The maximum Gasteiger partial charge on any atom is 0.251 e. The van der Waals surface area contributed by atoms with Crippen LogP contribution in [0.2, 0.25) is 0 Å². The first-order valence-corrected chi connectivity index (χ1v) is 9.10. The van der Waals surface area contributed by atoms with E-state index in [1.54, 1.807) is 22.7 Å². The van der Waals surface area contributed by atoms with E-state index in [1.807, 2.05) is 50.4 Å². The maximum absolute atomic E-state index is 12.3. The predicted octanol–water partition coefficient (Wildman–Crippen LogP) is 4.73. The number of thiophene rings is 1. The van der Waals surface area contributed by atoms with Gasteiger partial charge in [-0.2, -0.15) is 0 Å². The fourth-order valence-electron chi connectivity index (χ4n) is 2.24. The minimum absolute atomic E-state index is 0.0430. The van der Waals surface area contributed by atoms with E-state index in [-0.39, 0.29) is 5.91 Å². The lowest BCUT2D eigenvalue weighted by Gasteiger charge is -2.06. The second-order valence-corrected chi connectivity index (χ2v) is 7.52. The van der Waals surface area contributed by atoms with Gasteiger partial charge in [-0.3, -0.25) is 4.79 Å². The molecule has 0 atom stereocenters. The van der Waals surface area contributed by atoms with Crippen molar-refractivity contribution < 1.29 is 4.79 Å². The van der Waals surface area contributed by atoms with Gasteiger partial charge in [0.05, 0.1) is 17.1 Å². The third-order valence-electron chi connectivity index (χ3n) is 3.80. The quantitative estimate of drug-likeness (QED) is 0.745. The summed E-state index contributed by atoms with van der Waals surface area (Å²) in [5.74, 6) is -0.0430. The predicted molar refractivity (Wildman–Crippen MR) is 97.3 cm³/mol. The van der Waals surface area contributed by atoms with Crippen molar-refractivity contribution in [2.24, 2.45) is 0 Å². The molecule has 1 N–H and O–H groups in total. The number of hydrogen-bond acceptors (Lipinski definition) is 4. The lowest BCUT2D eigenvalue weighted by molar-refractivity contribution is 0.0951. The molecule has 1 amide bonds. The highest BCUT2D eigenvalue weighted by Gasteiger charge is 2.12. The van der Waals surface area contributed by atoms with Gasteiger partial charge in [0.1, 0.15) is 5.01 Å². The Bertz CT molecular complexity index is 835. The van der Waals surface area contributed by atoms with E-state index in [1.165, 1.54) is 10.4 Å². The number of hydrogen-bond donors (Lipinski definition) is 1. The van der Waals surface area contributed by atoms with E-state index in [9.17, 15) is 4.79 Å². The normalized spacial score (nSPS) is 10.7. The van der Waals surface area contributed by atoms with Gasteiger partial charge in [0.25, 0.3) is 5.91 Å². The Hall–Kier alpha value is -1.98. The van der Waals surface area contributed by atoms with Gasteiger partial charge in [0.15, 0.2) is 0 Å². The highest BCUT2D eigenvalue weighted by molar-refractivity contribution is 7.21. The molecule has 2 aromatic heterocycles. The van der Waals surface area contributed by atoms with Crippen LogP contribution in [0.4, 0.5) is 0 Å². The molecule has 0 aliphatic carbocycles. The number of aromatic nitrogens is 1. The van der Waals surface area contributed by atoms with Crippen LogP contribution in [0.5, 0.6) is 0 Å². The van der Waals surface area contributed by atoms with E-state index < -0.39 is 0 Å². The lowest BCUT2D eigenvalue weighted by Crippen LogP contribution is -2.22. The molecule has 0 saturated heterocycles. The molecular weight excluding hydrogens is 324 g/mol. The molecule has 0 aliphatic heterocycles. The summed E-state index contributed by atoms with van der Waals surface area (Å²) >= 11 is 3.33. The monoisotopic (exact) mass is 342 g/mol. The zero-order chi connectivity index (χ0) is 16.4. The van der Waals surface area contributed by atoms with Crippen LogP contribution in [0.1, 0.15) is 32.1 Å². The highest BCUT2D eigenvalue weighted by atomic mass is 32.1. The highest BCUT2D eigenvalue weighted by Crippen LogP contribution is 2.30. The summed E-state index contributed by atoms with van der Waals surface area (Å²) in [5, 5.41) is 6.07. The molecular formula is C18H18N2OS2. The number of nitrogens with one attached hydrogen (secondary N) is 1. The van der Waals surface area contributed by atoms with E-state index in [4.69, 9.17) is 0 Å². The second-order valence-electron chi connectivity index (χ2n) is 5.49. The summed E-state index contributed by atoms with van der Waals surface area (Å²) in [6, 6.07) is 9.88. The van der Waals surface area contributed by atoms with Gasteiger partial charge in [-0.1, -0.05) is 12.1 Å². The first kappa shape index (κ1) is 15.9. The van der Waals surface area contributed by atoms with Gasteiger partial charge >= 0.3 is 0 Å². The smallest absolute Gasteiger partial charge is 0.251 e. The lowest BCUT2D eigenvalue weighted by atomic mass is 10.1. The second kappa shape index (κ2) is 6.64. The molecule has 0 aliphatic rings. The van der Waals surface area contributed by atoms with Crippen molar-refractivity contribution in [3.8, 4) is 9.88 Å². The summed E-state index contributed by atoms with van der Waals surface area (Å²) in [6.45, 7) is 6.57. The molecule has 118 valence electrons. The maximum atomic E-state index is 12.3. The molecule has 3 rings (SSSR count). The number of carbonyl (C=O) groups is 1.